The molecule has 0 spiro atoms. The van der Waals surface area contributed by atoms with E-state index >= 15 is 0 Å². The number of unbranched alkanes of at least 4 members (excludes halogenated alkanes) is 1. The standard InChI is InChI=1S/C9H19NO/c1-3-5-6-10(4-2)9-7-11-8-9/h9H,3-8H2,1-2H3. The normalized spacial score (nSPS) is 18.8. The Morgan fingerprint density at radius 3 is 2.45 bits per heavy atom. The van der Waals surface area contributed by atoms with Crippen LogP contribution in [0.4, 0.5) is 0 Å². The van der Waals surface area contributed by atoms with Gasteiger partial charge < -0.3 is 4.74 Å². The van der Waals surface area contributed by atoms with Gasteiger partial charge in [0.1, 0.15) is 0 Å². The highest BCUT2D eigenvalue weighted by atomic mass is 16.5. The highest BCUT2D eigenvalue weighted by Gasteiger charge is 2.23. The first-order valence-electron chi connectivity index (χ1n) is 4.70. The average molecular weight is 157 g/mol. The smallest absolute Gasteiger partial charge is 0.0645 e. The van der Waals surface area contributed by atoms with Crippen molar-refractivity contribution in [3.8, 4) is 0 Å². The van der Waals surface area contributed by atoms with Crippen molar-refractivity contribution in [3.63, 3.8) is 0 Å². The average Bonchev–Trinajstić information content (AvgIpc) is 1.93. The zero-order chi connectivity index (χ0) is 8.10. The lowest BCUT2D eigenvalue weighted by molar-refractivity contribution is -0.0634. The van der Waals surface area contributed by atoms with Gasteiger partial charge in [-0.25, -0.2) is 0 Å². The third-order valence-corrected chi connectivity index (χ3v) is 2.34. The number of hydrogen-bond donors (Lipinski definition) is 0. The third kappa shape index (κ3) is 2.46. The fourth-order valence-corrected chi connectivity index (χ4v) is 1.39. The molecule has 1 heterocycles. The predicted octanol–water partition coefficient (Wildman–Crippen LogP) is 1.51. The Balaban J connectivity index is 2.13. The quantitative estimate of drug-likeness (QED) is 0.599. The van der Waals surface area contributed by atoms with E-state index in [0.717, 1.165) is 19.3 Å². The van der Waals surface area contributed by atoms with Gasteiger partial charge in [0.2, 0.25) is 0 Å². The first-order chi connectivity index (χ1) is 5.38. The Morgan fingerprint density at radius 2 is 2.09 bits per heavy atom. The molecular formula is C9H19NO. The molecule has 0 unspecified atom stereocenters. The van der Waals surface area contributed by atoms with Crippen LogP contribution in [0, 0.1) is 0 Å². The van der Waals surface area contributed by atoms with Gasteiger partial charge in [-0.3, -0.25) is 4.90 Å². The van der Waals surface area contributed by atoms with Crippen molar-refractivity contribution in [1.82, 2.24) is 4.90 Å². The van der Waals surface area contributed by atoms with E-state index in [2.05, 4.69) is 18.7 Å². The fraction of sp³-hybridized carbons (Fsp3) is 1.00. The molecule has 0 aromatic rings. The highest BCUT2D eigenvalue weighted by Crippen LogP contribution is 2.10. The Hall–Kier alpha value is -0.0800. The third-order valence-electron chi connectivity index (χ3n) is 2.34. The molecule has 1 fully saturated rings. The van der Waals surface area contributed by atoms with E-state index in [1.807, 2.05) is 0 Å². The Bertz CT molecular complexity index is 102. The lowest BCUT2D eigenvalue weighted by atomic mass is 10.2. The molecule has 2 nitrogen and oxygen atoms in total. The SMILES string of the molecule is CCCCN(CC)C1COC1. The van der Waals surface area contributed by atoms with Crippen LogP contribution in [0.15, 0.2) is 0 Å². The van der Waals surface area contributed by atoms with Gasteiger partial charge >= 0.3 is 0 Å². The molecule has 0 aromatic carbocycles. The van der Waals surface area contributed by atoms with Crippen LogP contribution in [-0.4, -0.2) is 37.2 Å². The second-order valence-corrected chi connectivity index (χ2v) is 3.17. The van der Waals surface area contributed by atoms with Gasteiger partial charge in [0, 0.05) is 0 Å². The number of likely N-dealkylation sites (N-methyl/N-ethyl adjacent to an activating group) is 1. The van der Waals surface area contributed by atoms with Gasteiger partial charge in [-0.15, -0.1) is 0 Å². The van der Waals surface area contributed by atoms with Gasteiger partial charge in [-0.2, -0.15) is 0 Å². The maximum absolute atomic E-state index is 5.16. The summed E-state index contributed by atoms with van der Waals surface area (Å²) in [6.45, 7) is 8.81. The van der Waals surface area contributed by atoms with Crippen LogP contribution in [-0.2, 0) is 4.74 Å². The van der Waals surface area contributed by atoms with Gasteiger partial charge in [0.15, 0.2) is 0 Å². The number of nitrogens with zero attached hydrogens (tertiary/aromatic N) is 1. The van der Waals surface area contributed by atoms with Crippen molar-refractivity contribution in [2.45, 2.75) is 32.7 Å². The van der Waals surface area contributed by atoms with Crippen LogP contribution in [0.1, 0.15) is 26.7 Å². The highest BCUT2D eigenvalue weighted by molar-refractivity contribution is 4.76. The lowest BCUT2D eigenvalue weighted by Gasteiger charge is -2.36. The van der Waals surface area contributed by atoms with Crippen molar-refractivity contribution < 1.29 is 4.74 Å². The summed E-state index contributed by atoms with van der Waals surface area (Å²) in [5.74, 6) is 0. The summed E-state index contributed by atoms with van der Waals surface area (Å²) < 4.78 is 5.16. The van der Waals surface area contributed by atoms with Crippen molar-refractivity contribution in [2.24, 2.45) is 0 Å². The molecule has 2 heteroatoms. The molecule has 1 aliphatic rings. The lowest BCUT2D eigenvalue weighted by Crippen LogP contribution is -2.49. The summed E-state index contributed by atoms with van der Waals surface area (Å²) in [6, 6.07) is 0.728. The van der Waals surface area contributed by atoms with Crippen LogP contribution in [0.25, 0.3) is 0 Å². The summed E-state index contributed by atoms with van der Waals surface area (Å²) in [5, 5.41) is 0. The minimum Gasteiger partial charge on any atom is -0.378 e. The van der Waals surface area contributed by atoms with E-state index in [4.69, 9.17) is 4.74 Å². The summed E-state index contributed by atoms with van der Waals surface area (Å²) in [5.41, 5.74) is 0. The minimum absolute atomic E-state index is 0.728. The zero-order valence-electron chi connectivity index (χ0n) is 7.68. The minimum atomic E-state index is 0.728. The zero-order valence-corrected chi connectivity index (χ0v) is 7.68. The molecule has 0 amide bonds. The largest absolute Gasteiger partial charge is 0.378 e. The Kier molecular flexibility index (Phi) is 3.87. The van der Waals surface area contributed by atoms with E-state index < -0.39 is 0 Å². The number of hydrogen-bond acceptors (Lipinski definition) is 2. The second-order valence-electron chi connectivity index (χ2n) is 3.17. The molecule has 1 saturated heterocycles. The maximum Gasteiger partial charge on any atom is 0.0645 e. The van der Waals surface area contributed by atoms with E-state index in [-0.39, 0.29) is 0 Å². The predicted molar refractivity (Wildman–Crippen MR) is 46.8 cm³/mol. The Morgan fingerprint density at radius 1 is 1.36 bits per heavy atom. The van der Waals surface area contributed by atoms with E-state index in [1.165, 1.54) is 25.9 Å². The summed E-state index contributed by atoms with van der Waals surface area (Å²) >= 11 is 0. The number of ether oxygens (including phenoxy) is 1. The first-order valence-corrected chi connectivity index (χ1v) is 4.70. The number of rotatable bonds is 5. The molecule has 0 bridgehead atoms. The maximum atomic E-state index is 5.16. The van der Waals surface area contributed by atoms with Crippen molar-refractivity contribution in [3.05, 3.63) is 0 Å². The molecule has 0 saturated carbocycles. The van der Waals surface area contributed by atoms with Crippen LogP contribution in [0.2, 0.25) is 0 Å². The molecule has 0 aliphatic carbocycles. The topological polar surface area (TPSA) is 12.5 Å². The van der Waals surface area contributed by atoms with Crippen molar-refractivity contribution in [1.29, 1.82) is 0 Å². The van der Waals surface area contributed by atoms with Gasteiger partial charge in [0.25, 0.3) is 0 Å². The monoisotopic (exact) mass is 157 g/mol. The Labute approximate surface area is 69.5 Å². The van der Waals surface area contributed by atoms with E-state index in [9.17, 15) is 0 Å². The molecule has 66 valence electrons. The molecule has 0 radical (unpaired) electrons. The van der Waals surface area contributed by atoms with Crippen molar-refractivity contribution >= 4 is 0 Å². The molecule has 1 aliphatic heterocycles. The second kappa shape index (κ2) is 4.73. The molecule has 11 heavy (non-hydrogen) atoms. The molecule has 0 aromatic heterocycles. The van der Waals surface area contributed by atoms with Gasteiger partial charge in [-0.1, -0.05) is 20.3 Å². The summed E-state index contributed by atoms with van der Waals surface area (Å²) in [4.78, 5) is 2.52. The first kappa shape index (κ1) is 9.01. The summed E-state index contributed by atoms with van der Waals surface area (Å²) in [6.07, 6.45) is 2.62. The van der Waals surface area contributed by atoms with Crippen LogP contribution in [0.5, 0.6) is 0 Å². The van der Waals surface area contributed by atoms with Crippen LogP contribution >= 0.6 is 0 Å². The molecule has 0 atom stereocenters. The molecule has 0 N–H and O–H groups in total. The van der Waals surface area contributed by atoms with Crippen LogP contribution in [0.3, 0.4) is 0 Å². The van der Waals surface area contributed by atoms with Gasteiger partial charge in [-0.05, 0) is 19.5 Å². The fourth-order valence-electron chi connectivity index (χ4n) is 1.39. The van der Waals surface area contributed by atoms with Crippen molar-refractivity contribution in [2.75, 3.05) is 26.3 Å². The van der Waals surface area contributed by atoms with Crippen LogP contribution < -0.4 is 0 Å². The summed E-state index contributed by atoms with van der Waals surface area (Å²) in [7, 11) is 0. The van der Waals surface area contributed by atoms with E-state index in [0.29, 0.717) is 0 Å². The van der Waals surface area contributed by atoms with Gasteiger partial charge in [0.05, 0.1) is 19.3 Å². The molecular weight excluding hydrogens is 138 g/mol. The molecule has 1 rings (SSSR count). The van der Waals surface area contributed by atoms with E-state index in [1.54, 1.807) is 0 Å².